The van der Waals surface area contributed by atoms with Gasteiger partial charge in [0.2, 0.25) is 0 Å². The number of imide groups is 2. The molecule has 4 rings (SSSR count). The summed E-state index contributed by atoms with van der Waals surface area (Å²) in [6, 6.07) is 19.4. The van der Waals surface area contributed by atoms with Gasteiger partial charge in [-0.05, 0) is 66.4 Å². The summed E-state index contributed by atoms with van der Waals surface area (Å²) in [6.45, 7) is 4.11. The Bertz CT molecular complexity index is 1280. The molecule has 0 aromatic heterocycles. The summed E-state index contributed by atoms with van der Waals surface area (Å²) >= 11 is 0. The first-order valence-corrected chi connectivity index (χ1v) is 10.7. The summed E-state index contributed by atoms with van der Waals surface area (Å²) in [5.74, 6) is -0.461. The first-order valence-electron chi connectivity index (χ1n) is 10.7. The molecule has 1 aliphatic rings. The van der Waals surface area contributed by atoms with Gasteiger partial charge in [0, 0.05) is 0 Å². The fourth-order valence-electron chi connectivity index (χ4n) is 3.77. The number of nitrogens with one attached hydrogen (secondary N) is 1. The molecule has 0 unspecified atom stereocenters. The lowest BCUT2D eigenvalue weighted by molar-refractivity contribution is -0.122. The summed E-state index contributed by atoms with van der Waals surface area (Å²) in [5.41, 5.74) is 3.61. The van der Waals surface area contributed by atoms with Crippen molar-refractivity contribution in [2.24, 2.45) is 0 Å². The highest BCUT2D eigenvalue weighted by atomic mass is 16.5. The van der Waals surface area contributed by atoms with Gasteiger partial charge in [0.25, 0.3) is 11.8 Å². The van der Waals surface area contributed by atoms with Gasteiger partial charge in [0.15, 0.2) is 11.5 Å². The molecular weight excluding hydrogens is 432 g/mol. The molecule has 0 atom stereocenters. The van der Waals surface area contributed by atoms with Crippen molar-refractivity contribution in [1.29, 1.82) is 0 Å². The molecule has 34 heavy (non-hydrogen) atoms. The minimum atomic E-state index is -0.778. The molecule has 1 fully saturated rings. The van der Waals surface area contributed by atoms with E-state index in [1.54, 1.807) is 30.3 Å². The zero-order valence-corrected chi connectivity index (χ0v) is 19.1. The number of methoxy groups -OCH3 is 1. The van der Waals surface area contributed by atoms with Crippen LogP contribution in [0.3, 0.4) is 0 Å². The highest BCUT2D eigenvalue weighted by molar-refractivity contribution is 6.39. The van der Waals surface area contributed by atoms with E-state index in [2.05, 4.69) is 5.32 Å². The van der Waals surface area contributed by atoms with E-state index in [9.17, 15) is 14.4 Å². The third-order valence-corrected chi connectivity index (χ3v) is 5.30. The van der Waals surface area contributed by atoms with Crippen LogP contribution in [0.2, 0.25) is 0 Å². The van der Waals surface area contributed by atoms with E-state index < -0.39 is 17.8 Å². The number of urea groups is 1. The molecule has 1 N–H and O–H groups in total. The summed E-state index contributed by atoms with van der Waals surface area (Å²) in [6.07, 6.45) is 1.43. The summed E-state index contributed by atoms with van der Waals surface area (Å²) in [7, 11) is 1.51. The quantitative estimate of drug-likeness (QED) is 0.434. The number of carbonyl (C=O) groups is 3. The van der Waals surface area contributed by atoms with Gasteiger partial charge in [-0.1, -0.05) is 42.5 Å². The highest BCUT2D eigenvalue weighted by Gasteiger charge is 2.37. The number of rotatable bonds is 6. The van der Waals surface area contributed by atoms with Crippen molar-refractivity contribution in [3.63, 3.8) is 0 Å². The van der Waals surface area contributed by atoms with E-state index in [1.165, 1.54) is 13.2 Å². The van der Waals surface area contributed by atoms with Crippen molar-refractivity contribution in [1.82, 2.24) is 5.32 Å². The Hall–Kier alpha value is -4.39. The third-order valence-electron chi connectivity index (χ3n) is 5.30. The Labute approximate surface area is 197 Å². The largest absolute Gasteiger partial charge is 0.493 e. The fourth-order valence-corrected chi connectivity index (χ4v) is 3.77. The van der Waals surface area contributed by atoms with Crippen molar-refractivity contribution < 1.29 is 23.9 Å². The van der Waals surface area contributed by atoms with Gasteiger partial charge in [-0.15, -0.1) is 0 Å². The highest BCUT2D eigenvalue weighted by Crippen LogP contribution is 2.31. The van der Waals surface area contributed by atoms with Crippen LogP contribution < -0.4 is 19.7 Å². The average molecular weight is 456 g/mol. The SMILES string of the molecule is COc1cc(C=C2C(=O)NC(=O)N(c3cc(C)cc(C)c3)C2=O)ccc1OCc1ccccc1. The molecule has 3 aromatic carbocycles. The van der Waals surface area contributed by atoms with Crippen molar-refractivity contribution in [3.8, 4) is 11.5 Å². The standard InChI is InChI=1S/C27H24N2O5/c1-17-11-18(2)13-21(12-17)29-26(31)22(25(30)28-27(29)32)14-20-9-10-23(24(15-20)33-3)34-16-19-7-5-4-6-8-19/h4-15H,16H2,1-3H3,(H,28,30,32). The Balaban J connectivity index is 1.62. The molecule has 7 heteroatoms. The number of amides is 4. The van der Waals surface area contributed by atoms with Gasteiger partial charge >= 0.3 is 6.03 Å². The molecule has 1 heterocycles. The van der Waals surface area contributed by atoms with Crippen LogP contribution in [-0.4, -0.2) is 25.0 Å². The van der Waals surface area contributed by atoms with E-state index in [1.807, 2.05) is 50.2 Å². The average Bonchev–Trinajstić information content (AvgIpc) is 2.80. The topological polar surface area (TPSA) is 84.9 Å². The Morgan fingerprint density at radius 1 is 0.882 bits per heavy atom. The molecule has 172 valence electrons. The predicted molar refractivity (Wildman–Crippen MR) is 129 cm³/mol. The number of anilines is 1. The molecule has 0 bridgehead atoms. The van der Waals surface area contributed by atoms with E-state index in [4.69, 9.17) is 9.47 Å². The minimum absolute atomic E-state index is 0.154. The van der Waals surface area contributed by atoms with Gasteiger partial charge in [-0.25, -0.2) is 9.69 Å². The van der Waals surface area contributed by atoms with Crippen LogP contribution in [0, 0.1) is 13.8 Å². The van der Waals surface area contributed by atoms with E-state index in [-0.39, 0.29) is 5.57 Å². The lowest BCUT2D eigenvalue weighted by Gasteiger charge is -2.27. The summed E-state index contributed by atoms with van der Waals surface area (Å²) < 4.78 is 11.3. The molecule has 4 amide bonds. The normalized spacial score (nSPS) is 14.9. The second kappa shape index (κ2) is 9.62. The molecule has 1 saturated heterocycles. The molecule has 0 spiro atoms. The molecule has 1 aliphatic heterocycles. The van der Waals surface area contributed by atoms with Gasteiger partial charge in [-0.3, -0.25) is 14.9 Å². The Morgan fingerprint density at radius 3 is 2.26 bits per heavy atom. The van der Waals surface area contributed by atoms with Crippen molar-refractivity contribution in [2.45, 2.75) is 20.5 Å². The Kier molecular flexibility index (Phi) is 6.45. The maximum absolute atomic E-state index is 13.2. The van der Waals surface area contributed by atoms with Crippen LogP contribution >= 0.6 is 0 Å². The fraction of sp³-hybridized carbons (Fsp3) is 0.148. The smallest absolute Gasteiger partial charge is 0.335 e. The number of aryl methyl sites for hydroxylation is 2. The van der Waals surface area contributed by atoms with Crippen LogP contribution in [0.4, 0.5) is 10.5 Å². The lowest BCUT2D eigenvalue weighted by atomic mass is 10.0. The molecular formula is C27H24N2O5. The summed E-state index contributed by atoms with van der Waals surface area (Å²) in [4.78, 5) is 39.1. The minimum Gasteiger partial charge on any atom is -0.493 e. The molecule has 0 aliphatic carbocycles. The van der Waals surface area contributed by atoms with Crippen LogP contribution in [-0.2, 0) is 16.2 Å². The van der Waals surface area contributed by atoms with Crippen LogP contribution in [0.15, 0.2) is 72.3 Å². The maximum Gasteiger partial charge on any atom is 0.335 e. The van der Waals surface area contributed by atoms with Crippen molar-refractivity contribution >= 4 is 29.6 Å². The van der Waals surface area contributed by atoms with E-state index in [0.717, 1.165) is 21.6 Å². The van der Waals surface area contributed by atoms with E-state index in [0.29, 0.717) is 29.4 Å². The number of ether oxygens (including phenoxy) is 2. The van der Waals surface area contributed by atoms with Crippen molar-refractivity contribution in [3.05, 3.63) is 94.6 Å². The zero-order chi connectivity index (χ0) is 24.2. The van der Waals surface area contributed by atoms with Gasteiger partial charge in [0.1, 0.15) is 12.2 Å². The Morgan fingerprint density at radius 2 is 1.59 bits per heavy atom. The van der Waals surface area contributed by atoms with Crippen LogP contribution in [0.5, 0.6) is 11.5 Å². The van der Waals surface area contributed by atoms with Gasteiger partial charge < -0.3 is 9.47 Å². The maximum atomic E-state index is 13.2. The number of hydrogen-bond donors (Lipinski definition) is 1. The molecule has 0 saturated carbocycles. The number of benzene rings is 3. The number of carbonyl (C=O) groups excluding carboxylic acids is 3. The second-order valence-electron chi connectivity index (χ2n) is 7.99. The first-order chi connectivity index (χ1) is 16.4. The molecule has 0 radical (unpaired) electrons. The molecule has 7 nitrogen and oxygen atoms in total. The van der Waals surface area contributed by atoms with Crippen molar-refractivity contribution in [2.75, 3.05) is 12.0 Å². The van der Waals surface area contributed by atoms with Crippen LogP contribution in [0.25, 0.3) is 6.08 Å². The number of barbiturate groups is 1. The zero-order valence-electron chi connectivity index (χ0n) is 19.1. The van der Waals surface area contributed by atoms with Gasteiger partial charge in [0.05, 0.1) is 12.8 Å². The third kappa shape index (κ3) is 4.83. The van der Waals surface area contributed by atoms with E-state index >= 15 is 0 Å². The monoisotopic (exact) mass is 456 g/mol. The van der Waals surface area contributed by atoms with Gasteiger partial charge in [-0.2, -0.15) is 0 Å². The molecule has 3 aromatic rings. The first kappa shape index (κ1) is 22.8. The second-order valence-corrected chi connectivity index (χ2v) is 7.99. The van der Waals surface area contributed by atoms with Crippen LogP contribution in [0.1, 0.15) is 22.3 Å². The number of nitrogens with zero attached hydrogens (tertiary/aromatic N) is 1. The summed E-state index contributed by atoms with van der Waals surface area (Å²) in [5, 5.41) is 2.25. The number of hydrogen-bond acceptors (Lipinski definition) is 5. The lowest BCUT2D eigenvalue weighted by Crippen LogP contribution is -2.54. The predicted octanol–water partition coefficient (Wildman–Crippen LogP) is 4.56.